The molecule has 0 saturated heterocycles. The highest BCUT2D eigenvalue weighted by Crippen LogP contribution is 2.14. The summed E-state index contributed by atoms with van der Waals surface area (Å²) >= 11 is 0. The molecule has 0 aliphatic rings. The molecule has 5 nitrogen and oxygen atoms in total. The average Bonchev–Trinajstić information content (AvgIpc) is 2.84. The third-order valence-corrected chi connectivity index (χ3v) is 3.07. The van der Waals surface area contributed by atoms with Gasteiger partial charge in [-0.05, 0) is 27.3 Å². The molecule has 2 heterocycles. The molecule has 5 heteroatoms. The summed E-state index contributed by atoms with van der Waals surface area (Å²) in [5.74, 6) is 0.833. The molecule has 0 aliphatic carbocycles. The molecule has 2 aromatic rings. The van der Waals surface area contributed by atoms with Crippen LogP contribution in [0.4, 0.5) is 0 Å². The van der Waals surface area contributed by atoms with Gasteiger partial charge in [-0.3, -0.25) is 4.68 Å². The molecule has 0 unspecified atom stereocenters. The van der Waals surface area contributed by atoms with Gasteiger partial charge in [-0.1, -0.05) is 12.1 Å². The highest BCUT2D eigenvalue weighted by molar-refractivity contribution is 5.25. The van der Waals surface area contributed by atoms with Crippen LogP contribution < -0.4 is 5.32 Å². The third kappa shape index (κ3) is 2.61. The van der Waals surface area contributed by atoms with Gasteiger partial charge in [0.1, 0.15) is 11.5 Å². The molecular formula is C13H20N4O. The van der Waals surface area contributed by atoms with Crippen molar-refractivity contribution in [3.05, 3.63) is 34.5 Å². The van der Waals surface area contributed by atoms with Crippen LogP contribution in [0.3, 0.4) is 0 Å². The second-order valence-electron chi connectivity index (χ2n) is 4.52. The van der Waals surface area contributed by atoms with Crippen LogP contribution in [0.2, 0.25) is 0 Å². The van der Waals surface area contributed by atoms with E-state index in [-0.39, 0.29) is 0 Å². The minimum atomic E-state index is 0.663. The molecule has 0 bridgehead atoms. The molecule has 0 amide bonds. The van der Waals surface area contributed by atoms with Crippen molar-refractivity contribution in [3.63, 3.8) is 0 Å². The summed E-state index contributed by atoms with van der Waals surface area (Å²) < 4.78 is 7.06. The van der Waals surface area contributed by atoms with Crippen LogP contribution in [0.5, 0.6) is 0 Å². The standard InChI is InChI=1S/C13H20N4O/c1-5-14-7-13-10(3)15-17(11(13)4)8-12-6-9(2)18-16-12/h6,14H,5,7-8H2,1-4H3. The van der Waals surface area contributed by atoms with Crippen LogP contribution in [-0.2, 0) is 13.1 Å². The number of rotatable bonds is 5. The Morgan fingerprint density at radius 2 is 2.11 bits per heavy atom. The minimum absolute atomic E-state index is 0.663. The summed E-state index contributed by atoms with van der Waals surface area (Å²) in [6, 6.07) is 1.94. The quantitative estimate of drug-likeness (QED) is 0.878. The number of aryl methyl sites for hydroxylation is 2. The molecule has 0 saturated carbocycles. The zero-order valence-corrected chi connectivity index (χ0v) is 11.4. The van der Waals surface area contributed by atoms with E-state index in [0.717, 1.165) is 30.2 Å². The Labute approximate surface area is 107 Å². The summed E-state index contributed by atoms with van der Waals surface area (Å²) in [7, 11) is 0. The van der Waals surface area contributed by atoms with Gasteiger partial charge >= 0.3 is 0 Å². The van der Waals surface area contributed by atoms with Crippen LogP contribution >= 0.6 is 0 Å². The van der Waals surface area contributed by atoms with Crippen molar-refractivity contribution in [1.29, 1.82) is 0 Å². The van der Waals surface area contributed by atoms with Crippen LogP contribution in [-0.4, -0.2) is 21.5 Å². The number of nitrogens with one attached hydrogen (secondary N) is 1. The molecule has 2 rings (SSSR count). The van der Waals surface area contributed by atoms with E-state index in [1.165, 1.54) is 11.3 Å². The lowest BCUT2D eigenvalue weighted by Gasteiger charge is -2.04. The summed E-state index contributed by atoms with van der Waals surface area (Å²) in [6.45, 7) is 10.6. The van der Waals surface area contributed by atoms with Gasteiger partial charge in [0.05, 0.1) is 12.2 Å². The van der Waals surface area contributed by atoms with E-state index in [1.807, 2.05) is 24.6 Å². The van der Waals surface area contributed by atoms with Gasteiger partial charge in [0.2, 0.25) is 0 Å². The predicted octanol–water partition coefficient (Wildman–Crippen LogP) is 1.95. The second-order valence-corrected chi connectivity index (χ2v) is 4.52. The van der Waals surface area contributed by atoms with Gasteiger partial charge in [0, 0.05) is 23.9 Å². The van der Waals surface area contributed by atoms with E-state index < -0.39 is 0 Å². The van der Waals surface area contributed by atoms with E-state index in [9.17, 15) is 0 Å². The first-order valence-electron chi connectivity index (χ1n) is 6.27. The third-order valence-electron chi connectivity index (χ3n) is 3.07. The van der Waals surface area contributed by atoms with Crippen LogP contribution in [0.25, 0.3) is 0 Å². The average molecular weight is 248 g/mol. The lowest BCUT2D eigenvalue weighted by atomic mass is 10.2. The Bertz CT molecular complexity index is 527. The number of aromatic nitrogens is 3. The first-order chi connectivity index (χ1) is 8.61. The van der Waals surface area contributed by atoms with Gasteiger partial charge < -0.3 is 9.84 Å². The zero-order chi connectivity index (χ0) is 13.1. The highest BCUT2D eigenvalue weighted by Gasteiger charge is 2.12. The van der Waals surface area contributed by atoms with E-state index >= 15 is 0 Å². The Morgan fingerprint density at radius 3 is 2.72 bits per heavy atom. The van der Waals surface area contributed by atoms with Gasteiger partial charge in [-0.2, -0.15) is 5.10 Å². The molecule has 1 N–H and O–H groups in total. The maximum atomic E-state index is 5.08. The van der Waals surface area contributed by atoms with Crippen LogP contribution in [0.1, 0.15) is 35.3 Å². The summed E-state index contributed by atoms with van der Waals surface area (Å²) in [5, 5.41) is 11.9. The van der Waals surface area contributed by atoms with Crippen molar-refractivity contribution in [2.24, 2.45) is 0 Å². The van der Waals surface area contributed by atoms with Crippen molar-refractivity contribution >= 4 is 0 Å². The minimum Gasteiger partial charge on any atom is -0.361 e. The predicted molar refractivity (Wildman–Crippen MR) is 69.4 cm³/mol. The van der Waals surface area contributed by atoms with E-state index in [4.69, 9.17) is 4.52 Å². The molecule has 0 radical (unpaired) electrons. The van der Waals surface area contributed by atoms with Gasteiger partial charge in [0.15, 0.2) is 0 Å². The smallest absolute Gasteiger partial charge is 0.133 e. The molecule has 18 heavy (non-hydrogen) atoms. The molecule has 0 spiro atoms. The number of hydrogen-bond acceptors (Lipinski definition) is 4. The molecule has 0 fully saturated rings. The second kappa shape index (κ2) is 5.35. The van der Waals surface area contributed by atoms with Gasteiger partial charge in [-0.15, -0.1) is 0 Å². The maximum Gasteiger partial charge on any atom is 0.133 e. The van der Waals surface area contributed by atoms with E-state index in [0.29, 0.717) is 6.54 Å². The molecular weight excluding hydrogens is 228 g/mol. The lowest BCUT2D eigenvalue weighted by molar-refractivity contribution is 0.387. The van der Waals surface area contributed by atoms with Crippen LogP contribution in [0, 0.1) is 20.8 Å². The largest absolute Gasteiger partial charge is 0.361 e. The molecule has 0 aromatic carbocycles. The Balaban J connectivity index is 2.18. The van der Waals surface area contributed by atoms with Gasteiger partial charge in [0.25, 0.3) is 0 Å². The van der Waals surface area contributed by atoms with Crippen molar-refractivity contribution in [2.75, 3.05) is 6.54 Å². The monoisotopic (exact) mass is 248 g/mol. The Morgan fingerprint density at radius 1 is 1.33 bits per heavy atom. The molecule has 2 aromatic heterocycles. The fourth-order valence-corrected chi connectivity index (χ4v) is 2.04. The normalized spacial score (nSPS) is 11.1. The van der Waals surface area contributed by atoms with E-state index in [2.05, 4.69) is 29.4 Å². The van der Waals surface area contributed by atoms with Crippen molar-refractivity contribution in [2.45, 2.75) is 40.8 Å². The number of hydrogen-bond donors (Lipinski definition) is 1. The molecule has 98 valence electrons. The topological polar surface area (TPSA) is 55.9 Å². The SMILES string of the molecule is CCNCc1c(C)nn(Cc2cc(C)on2)c1C. The van der Waals surface area contributed by atoms with Crippen molar-refractivity contribution in [1.82, 2.24) is 20.3 Å². The van der Waals surface area contributed by atoms with E-state index in [1.54, 1.807) is 0 Å². The van der Waals surface area contributed by atoms with Crippen LogP contribution in [0.15, 0.2) is 10.6 Å². The Hall–Kier alpha value is -1.62. The fourth-order valence-electron chi connectivity index (χ4n) is 2.04. The Kier molecular flexibility index (Phi) is 3.81. The molecule has 0 aliphatic heterocycles. The van der Waals surface area contributed by atoms with Gasteiger partial charge in [-0.25, -0.2) is 0 Å². The maximum absolute atomic E-state index is 5.08. The number of nitrogens with zero attached hydrogens (tertiary/aromatic N) is 3. The lowest BCUT2D eigenvalue weighted by Crippen LogP contribution is -2.13. The summed E-state index contributed by atoms with van der Waals surface area (Å²) in [5.41, 5.74) is 4.45. The zero-order valence-electron chi connectivity index (χ0n) is 11.4. The molecule has 0 atom stereocenters. The highest BCUT2D eigenvalue weighted by atomic mass is 16.5. The first kappa shape index (κ1) is 12.8. The summed E-state index contributed by atoms with van der Waals surface area (Å²) in [4.78, 5) is 0. The first-order valence-corrected chi connectivity index (χ1v) is 6.27. The summed E-state index contributed by atoms with van der Waals surface area (Å²) in [6.07, 6.45) is 0. The fraction of sp³-hybridized carbons (Fsp3) is 0.538. The van der Waals surface area contributed by atoms with Crippen molar-refractivity contribution in [3.8, 4) is 0 Å². The van der Waals surface area contributed by atoms with Crippen molar-refractivity contribution < 1.29 is 4.52 Å².